The number of nitrogens with one attached hydrogen (secondary N) is 1. The Morgan fingerprint density at radius 1 is 1.16 bits per heavy atom. The Bertz CT molecular complexity index is 724. The summed E-state index contributed by atoms with van der Waals surface area (Å²) in [5.41, 5.74) is 1.32. The highest BCUT2D eigenvalue weighted by atomic mass is 16.4. The number of hydrogen-bond acceptors (Lipinski definition) is 4. The highest BCUT2D eigenvalue weighted by Gasteiger charge is 2.11. The van der Waals surface area contributed by atoms with E-state index in [0.29, 0.717) is 12.1 Å². The van der Waals surface area contributed by atoms with Gasteiger partial charge >= 0.3 is 5.97 Å². The summed E-state index contributed by atoms with van der Waals surface area (Å²) in [6, 6.07) is 2.04. The zero-order valence-electron chi connectivity index (χ0n) is 14.9. The minimum absolute atomic E-state index is 0.127. The van der Waals surface area contributed by atoms with Crippen molar-refractivity contribution in [2.45, 2.75) is 58.4 Å². The molecule has 2 rings (SSSR count). The van der Waals surface area contributed by atoms with Crippen molar-refractivity contribution in [1.82, 2.24) is 20.1 Å². The number of aliphatic carboxylic acids is 1. The highest BCUT2D eigenvalue weighted by Crippen LogP contribution is 2.16. The van der Waals surface area contributed by atoms with Gasteiger partial charge in [-0.15, -0.1) is 0 Å². The van der Waals surface area contributed by atoms with Gasteiger partial charge < -0.3 is 10.4 Å². The number of carbonyl (C=O) groups is 2. The number of carboxylic acids is 1. The van der Waals surface area contributed by atoms with E-state index >= 15 is 0 Å². The van der Waals surface area contributed by atoms with E-state index in [2.05, 4.69) is 15.4 Å². The summed E-state index contributed by atoms with van der Waals surface area (Å²) >= 11 is 0. The summed E-state index contributed by atoms with van der Waals surface area (Å²) in [5.74, 6) is -0.866. The van der Waals surface area contributed by atoms with Crippen LogP contribution in [0.2, 0.25) is 0 Å². The van der Waals surface area contributed by atoms with E-state index in [1.807, 2.05) is 24.6 Å². The Morgan fingerprint density at radius 2 is 1.88 bits per heavy atom. The molecule has 25 heavy (non-hydrogen) atoms. The first-order chi connectivity index (χ1) is 12.0. The van der Waals surface area contributed by atoms with Crippen molar-refractivity contribution in [3.05, 3.63) is 24.0 Å². The van der Waals surface area contributed by atoms with Crippen LogP contribution in [-0.2, 0) is 4.79 Å². The van der Waals surface area contributed by atoms with E-state index in [4.69, 9.17) is 5.11 Å². The zero-order valence-corrected chi connectivity index (χ0v) is 14.9. The molecule has 0 aliphatic carbocycles. The first kappa shape index (κ1) is 18.9. The van der Waals surface area contributed by atoms with E-state index in [9.17, 15) is 9.59 Å². The lowest BCUT2D eigenvalue weighted by atomic mass is 10.1. The van der Waals surface area contributed by atoms with Crippen LogP contribution in [0.1, 0.15) is 68.8 Å². The van der Waals surface area contributed by atoms with Crippen LogP contribution < -0.4 is 5.32 Å². The second-order valence-electron chi connectivity index (χ2n) is 6.49. The van der Waals surface area contributed by atoms with Crippen molar-refractivity contribution >= 4 is 22.9 Å². The van der Waals surface area contributed by atoms with E-state index in [0.717, 1.165) is 43.1 Å². The SMILES string of the molecule is CC(C)n1ncc2cc(C(=O)NCCCCCCCC(=O)O)cnc21. The fourth-order valence-electron chi connectivity index (χ4n) is 2.68. The van der Waals surface area contributed by atoms with E-state index in [1.165, 1.54) is 0 Å². The second kappa shape index (κ2) is 9.15. The van der Waals surface area contributed by atoms with Crippen LogP contribution in [0.3, 0.4) is 0 Å². The molecule has 136 valence electrons. The molecule has 1 amide bonds. The normalized spacial score (nSPS) is 11.2. The number of carboxylic acid groups (broad SMARTS) is 1. The Labute approximate surface area is 147 Å². The lowest BCUT2D eigenvalue weighted by Gasteiger charge is -2.07. The van der Waals surface area contributed by atoms with Gasteiger partial charge in [-0.2, -0.15) is 5.10 Å². The van der Waals surface area contributed by atoms with Crippen molar-refractivity contribution in [3.8, 4) is 0 Å². The minimum Gasteiger partial charge on any atom is -0.481 e. The predicted octanol–water partition coefficient (Wildman–Crippen LogP) is 3.17. The molecular formula is C18H26N4O3. The topological polar surface area (TPSA) is 97.1 Å². The minimum atomic E-state index is -0.739. The van der Waals surface area contributed by atoms with Crippen LogP contribution in [0, 0.1) is 0 Å². The number of carbonyl (C=O) groups excluding carboxylic acids is 1. The summed E-state index contributed by atoms with van der Waals surface area (Å²) in [7, 11) is 0. The fraction of sp³-hybridized carbons (Fsp3) is 0.556. The maximum atomic E-state index is 12.2. The third kappa shape index (κ3) is 5.55. The molecule has 0 atom stereocenters. The lowest BCUT2D eigenvalue weighted by molar-refractivity contribution is -0.137. The molecule has 2 aromatic rings. The molecule has 2 heterocycles. The van der Waals surface area contributed by atoms with Crippen molar-refractivity contribution in [3.63, 3.8) is 0 Å². The number of hydrogen-bond donors (Lipinski definition) is 2. The maximum Gasteiger partial charge on any atom is 0.303 e. The quantitative estimate of drug-likeness (QED) is 0.644. The number of nitrogens with zero attached hydrogens (tertiary/aromatic N) is 3. The summed E-state index contributed by atoms with van der Waals surface area (Å²) in [6.45, 7) is 4.69. The van der Waals surface area contributed by atoms with Gasteiger partial charge in [-0.3, -0.25) is 9.59 Å². The number of pyridine rings is 1. The molecule has 0 saturated heterocycles. The van der Waals surface area contributed by atoms with Crippen LogP contribution in [0.4, 0.5) is 0 Å². The highest BCUT2D eigenvalue weighted by molar-refractivity contribution is 5.96. The smallest absolute Gasteiger partial charge is 0.303 e. The Morgan fingerprint density at radius 3 is 2.60 bits per heavy atom. The molecule has 2 N–H and O–H groups in total. The predicted molar refractivity (Wildman–Crippen MR) is 95.6 cm³/mol. The maximum absolute atomic E-state index is 12.2. The van der Waals surface area contributed by atoms with Gasteiger partial charge in [0.15, 0.2) is 5.65 Å². The molecule has 7 heteroatoms. The van der Waals surface area contributed by atoms with Gasteiger partial charge in [0.2, 0.25) is 0 Å². The van der Waals surface area contributed by atoms with E-state index in [1.54, 1.807) is 12.4 Å². The Balaban J connectivity index is 1.74. The molecule has 0 unspecified atom stereocenters. The van der Waals surface area contributed by atoms with Gasteiger partial charge in [0.05, 0.1) is 11.8 Å². The number of aromatic nitrogens is 3. The van der Waals surface area contributed by atoms with Crippen molar-refractivity contribution in [2.24, 2.45) is 0 Å². The molecule has 2 aromatic heterocycles. The Hall–Kier alpha value is -2.44. The van der Waals surface area contributed by atoms with Gasteiger partial charge in [-0.05, 0) is 32.8 Å². The first-order valence-electron chi connectivity index (χ1n) is 8.82. The second-order valence-corrected chi connectivity index (χ2v) is 6.49. The summed E-state index contributed by atoms with van der Waals surface area (Å²) in [5, 5.41) is 16.6. The lowest BCUT2D eigenvalue weighted by Crippen LogP contribution is -2.24. The molecular weight excluding hydrogens is 320 g/mol. The third-order valence-corrected chi connectivity index (χ3v) is 4.04. The third-order valence-electron chi connectivity index (χ3n) is 4.04. The standard InChI is InChI=1S/C18H26N4O3/c1-13(2)22-17-14(12-21-22)10-15(11-20-17)18(25)19-9-7-5-3-4-6-8-16(23)24/h10-13H,3-9H2,1-2H3,(H,19,25)(H,23,24). The summed E-state index contributed by atoms with van der Waals surface area (Å²) < 4.78 is 1.83. The molecule has 0 aliphatic heterocycles. The number of amides is 1. The average molecular weight is 346 g/mol. The molecule has 0 aliphatic rings. The van der Waals surface area contributed by atoms with Crippen LogP contribution in [-0.4, -0.2) is 38.3 Å². The van der Waals surface area contributed by atoms with Gasteiger partial charge in [0.25, 0.3) is 5.91 Å². The molecule has 0 aromatic carbocycles. The van der Waals surface area contributed by atoms with E-state index in [-0.39, 0.29) is 18.4 Å². The Kier molecular flexibility index (Phi) is 6.91. The molecule has 0 radical (unpaired) electrons. The van der Waals surface area contributed by atoms with Crippen molar-refractivity contribution in [2.75, 3.05) is 6.54 Å². The number of rotatable bonds is 10. The largest absolute Gasteiger partial charge is 0.481 e. The number of unbranched alkanes of at least 4 members (excludes halogenated alkanes) is 4. The van der Waals surface area contributed by atoms with Crippen molar-refractivity contribution in [1.29, 1.82) is 0 Å². The molecule has 0 fully saturated rings. The molecule has 0 bridgehead atoms. The van der Waals surface area contributed by atoms with Gasteiger partial charge in [0.1, 0.15) is 0 Å². The van der Waals surface area contributed by atoms with E-state index < -0.39 is 5.97 Å². The summed E-state index contributed by atoms with van der Waals surface area (Å²) in [6.07, 6.45) is 8.06. The fourth-order valence-corrected chi connectivity index (χ4v) is 2.68. The van der Waals surface area contributed by atoms with Gasteiger partial charge in [0, 0.05) is 30.6 Å². The molecule has 0 spiro atoms. The van der Waals surface area contributed by atoms with Gasteiger partial charge in [-0.1, -0.05) is 19.3 Å². The zero-order chi connectivity index (χ0) is 18.2. The number of fused-ring (bicyclic) bond motifs is 1. The van der Waals surface area contributed by atoms with Crippen LogP contribution in [0.15, 0.2) is 18.5 Å². The molecule has 7 nitrogen and oxygen atoms in total. The summed E-state index contributed by atoms with van der Waals surface area (Å²) in [4.78, 5) is 27.0. The van der Waals surface area contributed by atoms with Crippen molar-refractivity contribution < 1.29 is 14.7 Å². The molecule has 0 saturated carbocycles. The van der Waals surface area contributed by atoms with Crippen LogP contribution >= 0.6 is 0 Å². The first-order valence-corrected chi connectivity index (χ1v) is 8.82. The monoisotopic (exact) mass is 346 g/mol. The van der Waals surface area contributed by atoms with Gasteiger partial charge in [-0.25, -0.2) is 9.67 Å². The van der Waals surface area contributed by atoms with Crippen LogP contribution in [0.5, 0.6) is 0 Å². The average Bonchev–Trinajstić information content (AvgIpc) is 3.00. The van der Waals surface area contributed by atoms with Crippen LogP contribution in [0.25, 0.3) is 11.0 Å².